The van der Waals surface area contributed by atoms with Crippen molar-refractivity contribution in [2.75, 3.05) is 13.6 Å². The molecule has 1 fully saturated rings. The van der Waals surface area contributed by atoms with Crippen molar-refractivity contribution in [3.63, 3.8) is 0 Å². The lowest BCUT2D eigenvalue weighted by Crippen LogP contribution is -2.42. The monoisotopic (exact) mass is 309 g/mol. The van der Waals surface area contributed by atoms with Gasteiger partial charge in [0.25, 0.3) is 0 Å². The van der Waals surface area contributed by atoms with E-state index in [9.17, 15) is 0 Å². The molecular formula is C14H20BrN3. The number of rotatable bonds is 3. The third-order valence-corrected chi connectivity index (χ3v) is 4.34. The van der Waals surface area contributed by atoms with Crippen LogP contribution in [0.5, 0.6) is 0 Å². The third kappa shape index (κ3) is 2.86. The number of benzene rings is 1. The number of nitrogens with one attached hydrogen (secondary N) is 1. The predicted molar refractivity (Wildman–Crippen MR) is 79.8 cm³/mol. The van der Waals surface area contributed by atoms with Crippen LogP contribution in [0.15, 0.2) is 33.7 Å². The Bertz CT molecular complexity index is 436. The smallest absolute Gasteiger partial charge is 0.188 e. The SMILES string of the molecule is CN=C(N)NCC1(c2cccc(Br)c2)CCCC1. The van der Waals surface area contributed by atoms with E-state index in [1.807, 2.05) is 0 Å². The summed E-state index contributed by atoms with van der Waals surface area (Å²) < 4.78 is 1.14. The highest BCUT2D eigenvalue weighted by Gasteiger charge is 2.35. The van der Waals surface area contributed by atoms with Crippen molar-refractivity contribution < 1.29 is 0 Å². The van der Waals surface area contributed by atoms with Crippen LogP contribution in [0.2, 0.25) is 0 Å². The molecule has 3 N–H and O–H groups in total. The number of halogens is 1. The van der Waals surface area contributed by atoms with Crippen LogP contribution >= 0.6 is 15.9 Å². The van der Waals surface area contributed by atoms with Gasteiger partial charge in [-0.15, -0.1) is 0 Å². The summed E-state index contributed by atoms with van der Waals surface area (Å²) in [5.41, 5.74) is 7.35. The second kappa shape index (κ2) is 5.74. The van der Waals surface area contributed by atoms with Gasteiger partial charge in [0.2, 0.25) is 0 Å². The molecular weight excluding hydrogens is 290 g/mol. The molecule has 2 rings (SSSR count). The molecule has 4 heteroatoms. The molecule has 0 saturated heterocycles. The summed E-state index contributed by atoms with van der Waals surface area (Å²) in [5.74, 6) is 0.524. The Morgan fingerprint density at radius 2 is 2.17 bits per heavy atom. The summed E-state index contributed by atoms with van der Waals surface area (Å²) in [6, 6.07) is 8.63. The molecule has 0 atom stereocenters. The fourth-order valence-electron chi connectivity index (χ4n) is 2.78. The number of hydrogen-bond acceptors (Lipinski definition) is 1. The number of guanidine groups is 1. The van der Waals surface area contributed by atoms with Gasteiger partial charge in [-0.05, 0) is 30.5 Å². The van der Waals surface area contributed by atoms with E-state index in [0.717, 1.165) is 11.0 Å². The maximum absolute atomic E-state index is 5.75. The first-order valence-corrected chi connectivity index (χ1v) is 7.18. The van der Waals surface area contributed by atoms with Crippen LogP contribution < -0.4 is 11.1 Å². The Morgan fingerprint density at radius 3 is 2.78 bits per heavy atom. The summed E-state index contributed by atoms with van der Waals surface area (Å²) in [4.78, 5) is 3.97. The molecule has 0 heterocycles. The second-order valence-electron chi connectivity index (χ2n) is 4.96. The van der Waals surface area contributed by atoms with Gasteiger partial charge in [0.1, 0.15) is 0 Å². The molecule has 0 radical (unpaired) electrons. The predicted octanol–water partition coefficient (Wildman–Crippen LogP) is 2.80. The van der Waals surface area contributed by atoms with Gasteiger partial charge in [-0.25, -0.2) is 0 Å². The number of aliphatic imine (C=N–C) groups is 1. The van der Waals surface area contributed by atoms with Crippen LogP contribution in [-0.4, -0.2) is 19.6 Å². The molecule has 0 unspecified atom stereocenters. The average Bonchev–Trinajstić information content (AvgIpc) is 2.86. The van der Waals surface area contributed by atoms with Gasteiger partial charge in [0.05, 0.1) is 0 Å². The first-order chi connectivity index (χ1) is 8.66. The van der Waals surface area contributed by atoms with E-state index in [1.54, 1.807) is 7.05 Å². The second-order valence-corrected chi connectivity index (χ2v) is 5.88. The maximum Gasteiger partial charge on any atom is 0.188 e. The van der Waals surface area contributed by atoms with E-state index in [1.165, 1.54) is 31.2 Å². The first-order valence-electron chi connectivity index (χ1n) is 6.38. The number of nitrogens with zero attached hydrogens (tertiary/aromatic N) is 1. The Kier molecular flexibility index (Phi) is 4.27. The molecule has 18 heavy (non-hydrogen) atoms. The molecule has 1 aromatic rings. The van der Waals surface area contributed by atoms with E-state index in [0.29, 0.717) is 5.96 Å². The molecule has 0 spiro atoms. The van der Waals surface area contributed by atoms with Crippen molar-refractivity contribution in [1.29, 1.82) is 0 Å². The number of nitrogens with two attached hydrogens (primary N) is 1. The van der Waals surface area contributed by atoms with Gasteiger partial charge in [0, 0.05) is 23.5 Å². The standard InChI is InChI=1S/C14H20BrN3/c1-17-13(16)18-10-14(7-2-3-8-14)11-5-4-6-12(15)9-11/h4-6,9H,2-3,7-8,10H2,1H3,(H3,16,17,18). The van der Waals surface area contributed by atoms with E-state index in [4.69, 9.17) is 5.73 Å². The Morgan fingerprint density at radius 1 is 1.44 bits per heavy atom. The lowest BCUT2D eigenvalue weighted by molar-refractivity contribution is 0.433. The maximum atomic E-state index is 5.75. The van der Waals surface area contributed by atoms with Crippen LogP contribution in [0, 0.1) is 0 Å². The summed E-state index contributed by atoms with van der Waals surface area (Å²) >= 11 is 3.56. The van der Waals surface area contributed by atoms with Gasteiger partial charge in [-0.2, -0.15) is 0 Å². The summed E-state index contributed by atoms with van der Waals surface area (Å²) in [5, 5.41) is 3.25. The highest BCUT2D eigenvalue weighted by molar-refractivity contribution is 9.10. The van der Waals surface area contributed by atoms with Crippen molar-refractivity contribution in [1.82, 2.24) is 5.32 Å². The van der Waals surface area contributed by atoms with E-state index >= 15 is 0 Å². The minimum absolute atomic E-state index is 0.207. The van der Waals surface area contributed by atoms with Gasteiger partial charge in [-0.3, -0.25) is 4.99 Å². The van der Waals surface area contributed by atoms with Crippen LogP contribution in [0.1, 0.15) is 31.2 Å². The highest BCUT2D eigenvalue weighted by atomic mass is 79.9. The van der Waals surface area contributed by atoms with E-state index in [2.05, 4.69) is 50.5 Å². The minimum Gasteiger partial charge on any atom is -0.370 e. The van der Waals surface area contributed by atoms with Crippen LogP contribution in [0.4, 0.5) is 0 Å². The molecule has 1 aliphatic carbocycles. The van der Waals surface area contributed by atoms with Crippen molar-refractivity contribution in [2.45, 2.75) is 31.1 Å². The molecule has 1 aromatic carbocycles. The molecule has 0 aliphatic heterocycles. The van der Waals surface area contributed by atoms with Crippen LogP contribution in [0.3, 0.4) is 0 Å². The Labute approximate surface area is 117 Å². The lowest BCUT2D eigenvalue weighted by Gasteiger charge is -2.30. The summed E-state index contributed by atoms with van der Waals surface area (Å²) in [6.45, 7) is 0.868. The topological polar surface area (TPSA) is 50.4 Å². The molecule has 1 saturated carbocycles. The number of hydrogen-bond donors (Lipinski definition) is 2. The zero-order valence-electron chi connectivity index (χ0n) is 10.7. The first kappa shape index (κ1) is 13.4. The van der Waals surface area contributed by atoms with E-state index < -0.39 is 0 Å². The van der Waals surface area contributed by atoms with Gasteiger partial charge in [-0.1, -0.05) is 40.9 Å². The quantitative estimate of drug-likeness (QED) is 0.666. The molecule has 0 bridgehead atoms. The fraction of sp³-hybridized carbons (Fsp3) is 0.500. The molecule has 0 amide bonds. The van der Waals surface area contributed by atoms with E-state index in [-0.39, 0.29) is 5.41 Å². The zero-order chi connectivity index (χ0) is 13.0. The van der Waals surface area contributed by atoms with Crippen molar-refractivity contribution >= 4 is 21.9 Å². The molecule has 98 valence electrons. The van der Waals surface area contributed by atoms with Gasteiger partial charge in [0.15, 0.2) is 5.96 Å². The summed E-state index contributed by atoms with van der Waals surface area (Å²) in [6.07, 6.45) is 5.01. The Hall–Kier alpha value is -1.03. The lowest BCUT2D eigenvalue weighted by atomic mass is 9.79. The zero-order valence-corrected chi connectivity index (χ0v) is 12.3. The molecule has 1 aliphatic rings. The largest absolute Gasteiger partial charge is 0.370 e. The molecule has 0 aromatic heterocycles. The Balaban J connectivity index is 2.21. The van der Waals surface area contributed by atoms with Gasteiger partial charge < -0.3 is 11.1 Å². The van der Waals surface area contributed by atoms with Gasteiger partial charge >= 0.3 is 0 Å². The van der Waals surface area contributed by atoms with Crippen molar-refractivity contribution in [3.8, 4) is 0 Å². The third-order valence-electron chi connectivity index (χ3n) is 3.85. The van der Waals surface area contributed by atoms with Crippen molar-refractivity contribution in [3.05, 3.63) is 34.3 Å². The molecule has 3 nitrogen and oxygen atoms in total. The minimum atomic E-state index is 0.207. The van der Waals surface area contributed by atoms with Crippen LogP contribution in [-0.2, 0) is 5.41 Å². The average molecular weight is 310 g/mol. The highest BCUT2D eigenvalue weighted by Crippen LogP contribution is 2.41. The van der Waals surface area contributed by atoms with Crippen molar-refractivity contribution in [2.24, 2.45) is 10.7 Å². The normalized spacial score (nSPS) is 18.9. The van der Waals surface area contributed by atoms with Crippen LogP contribution in [0.25, 0.3) is 0 Å². The fourth-order valence-corrected chi connectivity index (χ4v) is 3.18. The summed E-state index contributed by atoms with van der Waals surface area (Å²) in [7, 11) is 1.71.